The van der Waals surface area contributed by atoms with Crippen molar-refractivity contribution >= 4 is 22.5 Å². The molecule has 2 aromatic rings. The predicted octanol–water partition coefficient (Wildman–Crippen LogP) is 1.96. The Balaban J connectivity index is 1.46. The first-order chi connectivity index (χ1) is 13.6. The standard InChI is InChI=1S/C19H22F2N4O3/c20-17(21)11-28-18-15-9-14(1-2-16(15)22-12-23-18)24-4-6-25(7-5-24)19(26)13-3-8-27-10-13/h1-2,9,12-13,17H,3-8,10-11H2. The van der Waals surface area contributed by atoms with Gasteiger partial charge in [-0.2, -0.15) is 0 Å². The Hall–Kier alpha value is -2.55. The maximum absolute atomic E-state index is 12.5. The van der Waals surface area contributed by atoms with Gasteiger partial charge in [0.2, 0.25) is 11.8 Å². The molecular weight excluding hydrogens is 370 g/mol. The summed E-state index contributed by atoms with van der Waals surface area (Å²) in [6, 6.07) is 5.63. The van der Waals surface area contributed by atoms with Crippen LogP contribution >= 0.6 is 0 Å². The molecule has 2 saturated heterocycles. The summed E-state index contributed by atoms with van der Waals surface area (Å²) >= 11 is 0. The number of carbonyl (C=O) groups is 1. The molecule has 2 fully saturated rings. The van der Waals surface area contributed by atoms with E-state index in [1.54, 1.807) is 0 Å². The number of ether oxygens (including phenoxy) is 2. The molecule has 3 heterocycles. The van der Waals surface area contributed by atoms with E-state index in [1.165, 1.54) is 6.33 Å². The molecule has 2 aliphatic heterocycles. The van der Waals surface area contributed by atoms with Crippen molar-refractivity contribution in [3.05, 3.63) is 24.5 Å². The zero-order valence-corrected chi connectivity index (χ0v) is 15.4. The number of halogens is 2. The van der Waals surface area contributed by atoms with Crippen molar-refractivity contribution in [1.82, 2.24) is 14.9 Å². The average molecular weight is 392 g/mol. The summed E-state index contributed by atoms with van der Waals surface area (Å²) in [5, 5.41) is 0.599. The summed E-state index contributed by atoms with van der Waals surface area (Å²) in [6.07, 6.45) is -0.463. The van der Waals surface area contributed by atoms with Crippen LogP contribution in [0.5, 0.6) is 5.88 Å². The number of amides is 1. The van der Waals surface area contributed by atoms with Crippen LogP contribution in [0.4, 0.5) is 14.5 Å². The molecule has 2 aliphatic rings. The van der Waals surface area contributed by atoms with Gasteiger partial charge in [-0.15, -0.1) is 0 Å². The maximum atomic E-state index is 12.5. The van der Waals surface area contributed by atoms with Gasteiger partial charge >= 0.3 is 0 Å². The Bertz CT molecular complexity index is 837. The molecule has 1 unspecified atom stereocenters. The molecule has 4 rings (SSSR count). The Labute approximate surface area is 161 Å². The lowest BCUT2D eigenvalue weighted by Gasteiger charge is -2.37. The highest BCUT2D eigenvalue weighted by Gasteiger charge is 2.30. The van der Waals surface area contributed by atoms with E-state index in [9.17, 15) is 13.6 Å². The smallest absolute Gasteiger partial charge is 0.272 e. The predicted molar refractivity (Wildman–Crippen MR) is 98.8 cm³/mol. The van der Waals surface area contributed by atoms with Crippen molar-refractivity contribution in [1.29, 1.82) is 0 Å². The summed E-state index contributed by atoms with van der Waals surface area (Å²) < 4.78 is 35.4. The van der Waals surface area contributed by atoms with E-state index in [4.69, 9.17) is 9.47 Å². The molecule has 0 radical (unpaired) electrons. The van der Waals surface area contributed by atoms with E-state index in [-0.39, 0.29) is 17.7 Å². The van der Waals surface area contributed by atoms with Crippen LogP contribution in [0, 0.1) is 5.92 Å². The van der Waals surface area contributed by atoms with Crippen LogP contribution in [-0.4, -0.2) is 73.2 Å². The van der Waals surface area contributed by atoms with E-state index < -0.39 is 13.0 Å². The number of alkyl halides is 2. The topological polar surface area (TPSA) is 67.8 Å². The van der Waals surface area contributed by atoms with Gasteiger partial charge in [-0.3, -0.25) is 4.79 Å². The molecule has 1 amide bonds. The van der Waals surface area contributed by atoms with Crippen molar-refractivity contribution in [2.75, 3.05) is 50.9 Å². The first-order valence-corrected chi connectivity index (χ1v) is 9.39. The van der Waals surface area contributed by atoms with E-state index in [2.05, 4.69) is 14.9 Å². The van der Waals surface area contributed by atoms with Crippen LogP contribution in [0.1, 0.15) is 6.42 Å². The lowest BCUT2D eigenvalue weighted by molar-refractivity contribution is -0.135. The minimum absolute atomic E-state index is 0.0149. The minimum Gasteiger partial charge on any atom is -0.471 e. The van der Waals surface area contributed by atoms with Crippen molar-refractivity contribution in [2.24, 2.45) is 5.92 Å². The number of fused-ring (bicyclic) bond motifs is 1. The first-order valence-electron chi connectivity index (χ1n) is 9.39. The van der Waals surface area contributed by atoms with Gasteiger partial charge in [0.15, 0.2) is 6.61 Å². The molecule has 0 aliphatic carbocycles. The number of nitrogens with zero attached hydrogens (tertiary/aromatic N) is 4. The molecule has 1 aromatic carbocycles. The highest BCUT2D eigenvalue weighted by molar-refractivity contribution is 5.87. The summed E-state index contributed by atoms with van der Waals surface area (Å²) in [6.45, 7) is 3.16. The quantitative estimate of drug-likeness (QED) is 0.775. The SMILES string of the molecule is O=C(C1CCOC1)N1CCN(c2ccc3ncnc(OCC(F)F)c3c2)CC1. The van der Waals surface area contributed by atoms with Crippen molar-refractivity contribution in [2.45, 2.75) is 12.8 Å². The Morgan fingerprint density at radius 3 is 2.79 bits per heavy atom. The van der Waals surface area contributed by atoms with E-state index in [1.807, 2.05) is 23.1 Å². The fraction of sp³-hybridized carbons (Fsp3) is 0.526. The number of rotatable bonds is 5. The molecule has 0 bridgehead atoms. The van der Waals surface area contributed by atoms with Crippen molar-refractivity contribution < 1.29 is 23.0 Å². The summed E-state index contributed by atoms with van der Waals surface area (Å²) in [7, 11) is 0. The number of piperazine rings is 1. The monoisotopic (exact) mass is 392 g/mol. The fourth-order valence-electron chi connectivity index (χ4n) is 3.65. The highest BCUT2D eigenvalue weighted by atomic mass is 19.3. The second kappa shape index (κ2) is 8.22. The Morgan fingerprint density at radius 1 is 1.25 bits per heavy atom. The van der Waals surface area contributed by atoms with Gasteiger partial charge in [-0.05, 0) is 24.6 Å². The summed E-state index contributed by atoms with van der Waals surface area (Å²) in [5.74, 6) is 0.313. The molecular formula is C19H22F2N4O3. The van der Waals surface area contributed by atoms with Crippen LogP contribution in [0.25, 0.3) is 10.9 Å². The molecule has 1 aromatic heterocycles. The maximum Gasteiger partial charge on any atom is 0.272 e. The minimum atomic E-state index is -2.57. The Morgan fingerprint density at radius 2 is 2.07 bits per heavy atom. The van der Waals surface area contributed by atoms with Crippen LogP contribution < -0.4 is 9.64 Å². The third-order valence-electron chi connectivity index (χ3n) is 5.16. The number of hydrogen-bond acceptors (Lipinski definition) is 6. The van der Waals surface area contributed by atoms with Crippen molar-refractivity contribution in [3.8, 4) is 5.88 Å². The second-order valence-corrected chi connectivity index (χ2v) is 6.96. The molecule has 9 heteroatoms. The molecule has 28 heavy (non-hydrogen) atoms. The molecule has 0 spiro atoms. The lowest BCUT2D eigenvalue weighted by atomic mass is 10.1. The fourth-order valence-corrected chi connectivity index (χ4v) is 3.65. The second-order valence-electron chi connectivity index (χ2n) is 6.96. The third-order valence-corrected chi connectivity index (χ3v) is 5.16. The number of carbonyl (C=O) groups excluding carboxylic acids is 1. The largest absolute Gasteiger partial charge is 0.471 e. The number of hydrogen-bond donors (Lipinski definition) is 0. The molecule has 0 N–H and O–H groups in total. The van der Waals surface area contributed by atoms with E-state index >= 15 is 0 Å². The normalized spacial score (nSPS) is 20.2. The van der Waals surface area contributed by atoms with Crippen LogP contribution in [0.2, 0.25) is 0 Å². The van der Waals surface area contributed by atoms with Crippen LogP contribution in [-0.2, 0) is 9.53 Å². The van der Waals surface area contributed by atoms with E-state index in [0.717, 1.165) is 12.1 Å². The molecule has 1 atom stereocenters. The van der Waals surface area contributed by atoms with Gasteiger partial charge in [0, 0.05) is 38.5 Å². The van der Waals surface area contributed by atoms with Gasteiger partial charge in [-0.1, -0.05) is 0 Å². The Kier molecular flexibility index (Phi) is 5.52. The average Bonchev–Trinajstić information content (AvgIpc) is 3.26. The third kappa shape index (κ3) is 3.99. The van der Waals surface area contributed by atoms with Gasteiger partial charge < -0.3 is 19.3 Å². The number of benzene rings is 1. The van der Waals surface area contributed by atoms with Gasteiger partial charge in [-0.25, -0.2) is 18.7 Å². The summed E-state index contributed by atoms with van der Waals surface area (Å²) in [4.78, 5) is 24.8. The summed E-state index contributed by atoms with van der Waals surface area (Å²) in [5.41, 5.74) is 1.57. The van der Waals surface area contributed by atoms with E-state index in [0.29, 0.717) is 50.3 Å². The van der Waals surface area contributed by atoms with Crippen molar-refractivity contribution in [3.63, 3.8) is 0 Å². The lowest BCUT2D eigenvalue weighted by Crippen LogP contribution is -2.50. The first kappa shape index (κ1) is 18.8. The van der Waals surface area contributed by atoms with Gasteiger partial charge in [0.1, 0.15) is 6.33 Å². The van der Waals surface area contributed by atoms with Crippen LogP contribution in [0.3, 0.4) is 0 Å². The van der Waals surface area contributed by atoms with Crippen LogP contribution in [0.15, 0.2) is 24.5 Å². The number of aromatic nitrogens is 2. The molecule has 7 nitrogen and oxygen atoms in total. The van der Waals surface area contributed by atoms with Gasteiger partial charge in [0.25, 0.3) is 6.43 Å². The molecule has 150 valence electrons. The zero-order valence-electron chi connectivity index (χ0n) is 15.4. The number of anilines is 1. The van der Waals surface area contributed by atoms with Gasteiger partial charge in [0.05, 0.1) is 23.4 Å². The highest BCUT2D eigenvalue weighted by Crippen LogP contribution is 2.28. The molecule has 0 saturated carbocycles. The zero-order chi connectivity index (χ0) is 19.5.